The number of sulfonamides is 1. The first-order chi connectivity index (χ1) is 12.9. The van der Waals surface area contributed by atoms with Crippen LogP contribution in [0.25, 0.3) is 10.8 Å². The standard InChI is InChI=1S/C20H31N3O3S/c1-15(2)11-19(13-21)22-14-18(9-10-24)23-27(25,26)20-8-7-16-5-3-4-6-17(16)12-20/h3-8,12,15,18-19,22-24H,9-11,13-14,21H2,1-2H3/t18-,19-/m0/s1. The van der Waals surface area contributed by atoms with Crippen LogP contribution in [0.5, 0.6) is 0 Å². The fourth-order valence-electron chi connectivity index (χ4n) is 3.12. The molecule has 0 aliphatic heterocycles. The lowest BCUT2D eigenvalue weighted by Gasteiger charge is -2.24. The predicted octanol–water partition coefficient (Wildman–Crippen LogP) is 1.83. The molecule has 27 heavy (non-hydrogen) atoms. The number of hydrogen-bond donors (Lipinski definition) is 4. The normalized spacial score (nSPS) is 14.6. The number of hydrogen-bond acceptors (Lipinski definition) is 5. The summed E-state index contributed by atoms with van der Waals surface area (Å²) in [6.45, 7) is 5.06. The van der Waals surface area contributed by atoms with E-state index in [1.54, 1.807) is 18.2 Å². The van der Waals surface area contributed by atoms with Crippen molar-refractivity contribution in [2.45, 2.75) is 43.7 Å². The summed E-state index contributed by atoms with van der Waals surface area (Å²) in [5, 5.41) is 14.5. The zero-order valence-electron chi connectivity index (χ0n) is 16.1. The molecule has 2 aromatic rings. The Hall–Kier alpha value is -1.51. The molecule has 0 aromatic heterocycles. The highest BCUT2D eigenvalue weighted by Crippen LogP contribution is 2.19. The molecule has 0 saturated heterocycles. The van der Waals surface area contributed by atoms with Crippen molar-refractivity contribution in [1.29, 1.82) is 0 Å². The summed E-state index contributed by atoms with van der Waals surface area (Å²) >= 11 is 0. The van der Waals surface area contributed by atoms with Gasteiger partial charge in [-0.2, -0.15) is 0 Å². The largest absolute Gasteiger partial charge is 0.396 e. The number of aliphatic hydroxyl groups excluding tert-OH is 1. The second kappa shape index (κ2) is 10.1. The van der Waals surface area contributed by atoms with E-state index in [0.717, 1.165) is 17.2 Å². The van der Waals surface area contributed by atoms with Gasteiger partial charge in [0.2, 0.25) is 10.0 Å². The zero-order valence-corrected chi connectivity index (χ0v) is 16.9. The van der Waals surface area contributed by atoms with Crippen molar-refractivity contribution >= 4 is 20.8 Å². The third-order valence-electron chi connectivity index (χ3n) is 4.52. The van der Waals surface area contributed by atoms with Gasteiger partial charge < -0.3 is 16.2 Å². The lowest BCUT2D eigenvalue weighted by Crippen LogP contribution is -2.47. The summed E-state index contributed by atoms with van der Waals surface area (Å²) in [5.74, 6) is 0.497. The Balaban J connectivity index is 2.10. The molecule has 2 rings (SSSR count). The van der Waals surface area contributed by atoms with Crippen LogP contribution in [-0.4, -0.2) is 45.3 Å². The van der Waals surface area contributed by atoms with Gasteiger partial charge in [0.05, 0.1) is 4.90 Å². The van der Waals surface area contributed by atoms with Gasteiger partial charge in [-0.15, -0.1) is 0 Å². The maximum atomic E-state index is 12.8. The highest BCUT2D eigenvalue weighted by molar-refractivity contribution is 7.89. The van der Waals surface area contributed by atoms with Gasteiger partial charge in [-0.05, 0) is 41.7 Å². The number of benzene rings is 2. The first-order valence-electron chi connectivity index (χ1n) is 9.41. The first kappa shape index (κ1) is 21.8. The van der Waals surface area contributed by atoms with E-state index in [-0.39, 0.29) is 17.5 Å². The number of rotatable bonds is 11. The van der Waals surface area contributed by atoms with Gasteiger partial charge in [-0.3, -0.25) is 0 Å². The van der Waals surface area contributed by atoms with Gasteiger partial charge in [0.1, 0.15) is 0 Å². The molecule has 0 fully saturated rings. The summed E-state index contributed by atoms with van der Waals surface area (Å²) in [5.41, 5.74) is 5.80. The highest BCUT2D eigenvalue weighted by Gasteiger charge is 2.21. The van der Waals surface area contributed by atoms with E-state index < -0.39 is 16.1 Å². The van der Waals surface area contributed by atoms with Crippen LogP contribution in [0.1, 0.15) is 26.7 Å². The van der Waals surface area contributed by atoms with Crippen LogP contribution in [0.15, 0.2) is 47.4 Å². The minimum atomic E-state index is -3.68. The fourth-order valence-corrected chi connectivity index (χ4v) is 4.43. The molecule has 0 spiro atoms. The highest BCUT2D eigenvalue weighted by atomic mass is 32.2. The second-order valence-electron chi connectivity index (χ2n) is 7.31. The lowest BCUT2D eigenvalue weighted by atomic mass is 10.0. The summed E-state index contributed by atoms with van der Waals surface area (Å²) in [7, 11) is -3.68. The second-order valence-corrected chi connectivity index (χ2v) is 9.02. The molecule has 2 atom stereocenters. The molecule has 0 radical (unpaired) electrons. The van der Waals surface area contributed by atoms with E-state index in [1.165, 1.54) is 0 Å². The van der Waals surface area contributed by atoms with Crippen molar-refractivity contribution in [3.63, 3.8) is 0 Å². The van der Waals surface area contributed by atoms with Gasteiger partial charge in [-0.25, -0.2) is 13.1 Å². The molecule has 0 unspecified atom stereocenters. The van der Waals surface area contributed by atoms with Gasteiger partial charge in [-0.1, -0.05) is 44.2 Å². The van der Waals surface area contributed by atoms with Crippen molar-refractivity contribution in [3.05, 3.63) is 42.5 Å². The Labute approximate surface area is 162 Å². The molecule has 0 aliphatic carbocycles. The van der Waals surface area contributed by atoms with Crippen LogP contribution < -0.4 is 15.8 Å². The predicted molar refractivity (Wildman–Crippen MR) is 110 cm³/mol. The number of aliphatic hydroxyl groups is 1. The maximum absolute atomic E-state index is 12.8. The van der Waals surface area contributed by atoms with Crippen LogP contribution in [0.3, 0.4) is 0 Å². The van der Waals surface area contributed by atoms with Gasteiger partial charge in [0.25, 0.3) is 0 Å². The average molecular weight is 394 g/mol. The van der Waals surface area contributed by atoms with Crippen molar-refractivity contribution < 1.29 is 13.5 Å². The van der Waals surface area contributed by atoms with Crippen LogP contribution in [0.2, 0.25) is 0 Å². The third-order valence-corrected chi connectivity index (χ3v) is 6.04. The molecule has 0 bridgehead atoms. The minimum absolute atomic E-state index is 0.0932. The molecular formula is C20H31N3O3S. The Morgan fingerprint density at radius 3 is 2.41 bits per heavy atom. The van der Waals surface area contributed by atoms with Crippen molar-refractivity contribution in [2.24, 2.45) is 11.7 Å². The molecule has 7 heteroatoms. The fraction of sp³-hybridized carbons (Fsp3) is 0.500. The lowest BCUT2D eigenvalue weighted by molar-refractivity contribution is 0.266. The van der Waals surface area contributed by atoms with Crippen LogP contribution in [0.4, 0.5) is 0 Å². The SMILES string of the molecule is CC(C)C[C@@H](CN)NC[C@H](CCO)NS(=O)(=O)c1ccc2ccccc2c1. The number of fused-ring (bicyclic) bond motifs is 1. The molecule has 2 aromatic carbocycles. The molecule has 0 aliphatic rings. The molecular weight excluding hydrogens is 362 g/mol. The maximum Gasteiger partial charge on any atom is 0.240 e. The van der Waals surface area contributed by atoms with Crippen molar-refractivity contribution in [3.8, 4) is 0 Å². The van der Waals surface area contributed by atoms with E-state index >= 15 is 0 Å². The van der Waals surface area contributed by atoms with Gasteiger partial charge in [0.15, 0.2) is 0 Å². The monoisotopic (exact) mass is 393 g/mol. The van der Waals surface area contributed by atoms with E-state index in [4.69, 9.17) is 5.73 Å². The van der Waals surface area contributed by atoms with E-state index in [1.807, 2.05) is 24.3 Å². The van der Waals surface area contributed by atoms with Crippen molar-refractivity contribution in [2.75, 3.05) is 19.7 Å². The molecule has 0 amide bonds. The minimum Gasteiger partial charge on any atom is -0.396 e. The number of nitrogens with two attached hydrogens (primary N) is 1. The number of nitrogens with one attached hydrogen (secondary N) is 2. The Morgan fingerprint density at radius 2 is 1.78 bits per heavy atom. The average Bonchev–Trinajstić information content (AvgIpc) is 2.64. The first-order valence-corrected chi connectivity index (χ1v) is 10.9. The molecule has 6 nitrogen and oxygen atoms in total. The summed E-state index contributed by atoms with van der Waals surface area (Å²) in [4.78, 5) is 0.224. The summed E-state index contributed by atoms with van der Waals surface area (Å²) < 4.78 is 28.3. The van der Waals surface area contributed by atoms with E-state index in [2.05, 4.69) is 23.9 Å². The topological polar surface area (TPSA) is 104 Å². The Bertz CT molecular complexity index is 824. The smallest absolute Gasteiger partial charge is 0.240 e. The molecule has 5 N–H and O–H groups in total. The third kappa shape index (κ3) is 6.55. The summed E-state index contributed by atoms with van der Waals surface area (Å²) in [6.07, 6.45) is 1.25. The Morgan fingerprint density at radius 1 is 1.07 bits per heavy atom. The molecule has 0 saturated carbocycles. The van der Waals surface area contributed by atoms with E-state index in [9.17, 15) is 13.5 Å². The van der Waals surface area contributed by atoms with Gasteiger partial charge in [0, 0.05) is 31.8 Å². The quantitative estimate of drug-likeness (QED) is 0.466. The van der Waals surface area contributed by atoms with Crippen LogP contribution in [-0.2, 0) is 10.0 Å². The zero-order chi connectivity index (χ0) is 19.9. The van der Waals surface area contributed by atoms with Crippen molar-refractivity contribution in [1.82, 2.24) is 10.0 Å². The summed E-state index contributed by atoms with van der Waals surface area (Å²) in [6, 6.07) is 12.4. The van der Waals surface area contributed by atoms with Gasteiger partial charge >= 0.3 is 0 Å². The Kier molecular flexibility index (Phi) is 8.19. The van der Waals surface area contributed by atoms with Crippen LogP contribution >= 0.6 is 0 Å². The molecule has 150 valence electrons. The van der Waals surface area contributed by atoms with E-state index in [0.29, 0.717) is 25.4 Å². The van der Waals surface area contributed by atoms with Crippen LogP contribution in [0, 0.1) is 5.92 Å². The molecule has 0 heterocycles.